The summed E-state index contributed by atoms with van der Waals surface area (Å²) in [6, 6.07) is -0.491. The van der Waals surface area contributed by atoms with Crippen LogP contribution in [0.15, 0.2) is 0 Å². The molecule has 3 atom stereocenters. The van der Waals surface area contributed by atoms with Crippen LogP contribution >= 0.6 is 12.4 Å². The summed E-state index contributed by atoms with van der Waals surface area (Å²) in [6.45, 7) is 3.79. The number of hydrogen-bond donors (Lipinski definition) is 5. The van der Waals surface area contributed by atoms with E-state index in [2.05, 4.69) is 5.32 Å². The Labute approximate surface area is 158 Å². The zero-order valence-corrected chi connectivity index (χ0v) is 16.4. The standard InChI is InChI=1S/C18H36N2O4.ClH/c1-13(2)8-9-20-17(23)18(24,12-21)11-16(22)15(19)10-14-6-4-3-5-7-14;/h13-16,21-22,24H,3-12,19H2,1-2H3,(H,20,23);1H/t15-,16-,18?;/m0./s1. The van der Waals surface area contributed by atoms with Gasteiger partial charge in [0.25, 0.3) is 5.91 Å². The maximum Gasteiger partial charge on any atom is 0.254 e. The van der Waals surface area contributed by atoms with Crippen LogP contribution in [0.4, 0.5) is 0 Å². The van der Waals surface area contributed by atoms with E-state index in [0.717, 1.165) is 19.3 Å². The minimum atomic E-state index is -1.99. The quantitative estimate of drug-likeness (QED) is 0.392. The van der Waals surface area contributed by atoms with E-state index in [-0.39, 0.29) is 18.8 Å². The van der Waals surface area contributed by atoms with Gasteiger partial charge in [-0.2, -0.15) is 0 Å². The molecule has 0 spiro atoms. The van der Waals surface area contributed by atoms with Crippen molar-refractivity contribution in [2.45, 2.75) is 83.0 Å². The molecule has 1 unspecified atom stereocenters. The van der Waals surface area contributed by atoms with E-state index in [4.69, 9.17) is 5.73 Å². The Kier molecular flexibility index (Phi) is 11.9. The number of carbonyl (C=O) groups excluding carboxylic acids is 1. The van der Waals surface area contributed by atoms with Crippen molar-refractivity contribution in [3.05, 3.63) is 0 Å². The van der Waals surface area contributed by atoms with Crippen molar-refractivity contribution in [3.63, 3.8) is 0 Å². The summed E-state index contributed by atoms with van der Waals surface area (Å²) in [4.78, 5) is 12.2. The van der Waals surface area contributed by atoms with Gasteiger partial charge in [0.2, 0.25) is 0 Å². The van der Waals surface area contributed by atoms with Gasteiger partial charge < -0.3 is 26.4 Å². The van der Waals surface area contributed by atoms with Crippen molar-refractivity contribution in [3.8, 4) is 0 Å². The number of amides is 1. The van der Waals surface area contributed by atoms with Gasteiger partial charge in [-0.25, -0.2) is 0 Å². The molecule has 1 rings (SSSR count). The average molecular weight is 381 g/mol. The van der Waals surface area contributed by atoms with Crippen LogP contribution in [0.3, 0.4) is 0 Å². The van der Waals surface area contributed by atoms with E-state index in [1.807, 2.05) is 13.8 Å². The van der Waals surface area contributed by atoms with Crippen LogP contribution in [0, 0.1) is 11.8 Å². The molecule has 1 amide bonds. The highest BCUT2D eigenvalue weighted by Crippen LogP contribution is 2.28. The first-order valence-corrected chi connectivity index (χ1v) is 9.33. The van der Waals surface area contributed by atoms with Crippen molar-refractivity contribution in [1.29, 1.82) is 0 Å². The number of aliphatic hydroxyl groups excluding tert-OH is 2. The number of nitrogens with two attached hydrogens (primary N) is 1. The second kappa shape index (κ2) is 12.1. The third kappa shape index (κ3) is 8.69. The molecule has 150 valence electrons. The molecule has 6 nitrogen and oxygen atoms in total. The molecule has 0 aromatic carbocycles. The zero-order chi connectivity index (χ0) is 18.2. The van der Waals surface area contributed by atoms with Crippen LogP contribution in [0.25, 0.3) is 0 Å². The monoisotopic (exact) mass is 380 g/mol. The molecule has 1 aliphatic carbocycles. The van der Waals surface area contributed by atoms with Gasteiger partial charge in [0.1, 0.15) is 0 Å². The van der Waals surface area contributed by atoms with Gasteiger partial charge in [-0.1, -0.05) is 46.0 Å². The molecule has 0 aromatic rings. The minimum Gasteiger partial charge on any atom is -0.393 e. The Bertz CT molecular complexity index is 378. The first-order chi connectivity index (χ1) is 11.3. The average Bonchev–Trinajstić information content (AvgIpc) is 2.55. The summed E-state index contributed by atoms with van der Waals surface area (Å²) in [5.74, 6) is 0.294. The first kappa shape index (κ1) is 24.6. The maximum absolute atomic E-state index is 12.2. The van der Waals surface area contributed by atoms with Gasteiger partial charge in [-0.3, -0.25) is 4.79 Å². The molecule has 6 N–H and O–H groups in total. The zero-order valence-electron chi connectivity index (χ0n) is 15.6. The van der Waals surface area contributed by atoms with E-state index < -0.39 is 30.3 Å². The molecule has 0 heterocycles. The van der Waals surface area contributed by atoms with Gasteiger partial charge in [-0.15, -0.1) is 12.4 Å². The molecule has 0 radical (unpaired) electrons. The molecule has 0 bridgehead atoms. The van der Waals surface area contributed by atoms with Crippen LogP contribution in [-0.4, -0.2) is 52.1 Å². The Hall–Kier alpha value is -0.400. The molecule has 1 aliphatic rings. The van der Waals surface area contributed by atoms with Crippen molar-refractivity contribution >= 4 is 18.3 Å². The summed E-state index contributed by atoms with van der Waals surface area (Å²) in [7, 11) is 0. The second-order valence-corrected chi connectivity index (χ2v) is 7.80. The lowest BCUT2D eigenvalue weighted by atomic mass is 9.82. The Morgan fingerprint density at radius 3 is 2.40 bits per heavy atom. The summed E-state index contributed by atoms with van der Waals surface area (Å²) >= 11 is 0. The summed E-state index contributed by atoms with van der Waals surface area (Å²) in [6.07, 6.45) is 6.13. The molecule has 7 heteroatoms. The van der Waals surface area contributed by atoms with E-state index in [0.29, 0.717) is 24.8 Å². The Morgan fingerprint density at radius 1 is 1.28 bits per heavy atom. The molecule has 1 fully saturated rings. The first-order valence-electron chi connectivity index (χ1n) is 9.33. The van der Waals surface area contributed by atoms with Crippen molar-refractivity contribution in [2.24, 2.45) is 17.6 Å². The smallest absolute Gasteiger partial charge is 0.254 e. The summed E-state index contributed by atoms with van der Waals surface area (Å²) < 4.78 is 0. The number of aliphatic hydroxyl groups is 3. The minimum absolute atomic E-state index is 0. The number of nitrogens with one attached hydrogen (secondary N) is 1. The van der Waals surface area contributed by atoms with E-state index >= 15 is 0 Å². The predicted molar refractivity (Wildman–Crippen MR) is 102 cm³/mol. The van der Waals surface area contributed by atoms with Crippen LogP contribution in [0.2, 0.25) is 0 Å². The van der Waals surface area contributed by atoms with Crippen molar-refractivity contribution in [2.75, 3.05) is 13.2 Å². The maximum atomic E-state index is 12.2. The van der Waals surface area contributed by atoms with Gasteiger partial charge >= 0.3 is 0 Å². The molecule has 0 saturated heterocycles. The number of carbonyl (C=O) groups is 1. The van der Waals surface area contributed by atoms with E-state index in [1.54, 1.807) is 0 Å². The van der Waals surface area contributed by atoms with Crippen LogP contribution < -0.4 is 11.1 Å². The third-order valence-electron chi connectivity index (χ3n) is 5.06. The number of hydrogen-bond acceptors (Lipinski definition) is 5. The van der Waals surface area contributed by atoms with Crippen LogP contribution in [0.1, 0.15) is 65.2 Å². The van der Waals surface area contributed by atoms with Crippen LogP contribution in [0.5, 0.6) is 0 Å². The molecule has 0 aromatic heterocycles. The van der Waals surface area contributed by atoms with Gasteiger partial charge in [0.15, 0.2) is 5.60 Å². The summed E-state index contributed by atoms with van der Waals surface area (Å²) in [5.41, 5.74) is 4.09. The van der Waals surface area contributed by atoms with Crippen LogP contribution in [-0.2, 0) is 4.79 Å². The Balaban J connectivity index is 0.00000576. The fourth-order valence-electron chi connectivity index (χ4n) is 3.33. The van der Waals surface area contributed by atoms with E-state index in [9.17, 15) is 20.1 Å². The largest absolute Gasteiger partial charge is 0.393 e. The molecule has 0 aliphatic heterocycles. The van der Waals surface area contributed by atoms with E-state index in [1.165, 1.54) is 19.3 Å². The van der Waals surface area contributed by atoms with Crippen molar-refractivity contribution < 1.29 is 20.1 Å². The highest BCUT2D eigenvalue weighted by Gasteiger charge is 2.39. The topological polar surface area (TPSA) is 116 Å². The van der Waals surface area contributed by atoms with Gasteiger partial charge in [0, 0.05) is 19.0 Å². The highest BCUT2D eigenvalue weighted by atomic mass is 35.5. The van der Waals surface area contributed by atoms with Gasteiger partial charge in [-0.05, 0) is 24.7 Å². The highest BCUT2D eigenvalue weighted by molar-refractivity contribution is 5.85. The van der Waals surface area contributed by atoms with Gasteiger partial charge in [0.05, 0.1) is 12.7 Å². The Morgan fingerprint density at radius 2 is 1.88 bits per heavy atom. The molecule has 25 heavy (non-hydrogen) atoms. The SMILES string of the molecule is CC(C)CCNC(=O)C(O)(CO)C[C@H](O)[C@@H](N)CC1CCCCC1.Cl. The third-order valence-corrected chi connectivity index (χ3v) is 5.06. The lowest BCUT2D eigenvalue weighted by Gasteiger charge is -2.31. The lowest BCUT2D eigenvalue weighted by molar-refractivity contribution is -0.148. The second-order valence-electron chi connectivity index (χ2n) is 7.80. The fraction of sp³-hybridized carbons (Fsp3) is 0.944. The fourth-order valence-corrected chi connectivity index (χ4v) is 3.33. The van der Waals surface area contributed by atoms with Crippen molar-refractivity contribution in [1.82, 2.24) is 5.32 Å². The lowest BCUT2D eigenvalue weighted by Crippen LogP contribution is -2.54. The predicted octanol–water partition coefficient (Wildman–Crippen LogP) is 1.34. The number of halogens is 1. The molecule has 1 saturated carbocycles. The molecular formula is C18H37ClN2O4. The summed E-state index contributed by atoms with van der Waals surface area (Å²) in [5, 5.41) is 32.8. The number of rotatable bonds is 10. The normalized spacial score (nSPS) is 20.4. The molecular weight excluding hydrogens is 344 g/mol.